The molecule has 2 amide bonds. The topological polar surface area (TPSA) is 77.0 Å². The average Bonchev–Trinajstić information content (AvgIpc) is 1.92. The molecule has 0 saturated heterocycles. The number of halogens is 1. The number of amides is 2. The number of carbonyl (C=O) groups excluding carboxylic acids is 2. The number of hydrogen-bond acceptors (Lipinski definition) is 4. The van der Waals surface area contributed by atoms with Gasteiger partial charge >= 0.3 is 12.2 Å². The van der Waals surface area contributed by atoms with E-state index in [1.165, 1.54) is 0 Å². The van der Waals surface area contributed by atoms with Crippen LogP contribution in [-0.4, -0.2) is 27.2 Å². The van der Waals surface area contributed by atoms with E-state index in [1.807, 2.05) is 0 Å². The highest BCUT2D eigenvalue weighted by Gasteiger charge is 2.19. The van der Waals surface area contributed by atoms with Gasteiger partial charge in [-0.25, -0.2) is 9.59 Å². The molecule has 0 radical (unpaired) electrons. The van der Waals surface area contributed by atoms with Crippen LogP contribution < -0.4 is 5.32 Å². The molecule has 0 aromatic carbocycles. The third kappa shape index (κ3) is 10.3. The Balaban J connectivity index is 4.36. The number of amidine groups is 1. The number of aliphatic imine (C=N–C) groups is 1. The Morgan fingerprint density at radius 3 is 1.83 bits per heavy atom. The normalized spacial score (nSPS) is 12.9. The van der Waals surface area contributed by atoms with Crippen LogP contribution in [0, 0.1) is 0 Å². The molecule has 0 aliphatic heterocycles. The highest BCUT2D eigenvalue weighted by atomic mass is 127. The molecular formula is C11H19IN2O4. The van der Waals surface area contributed by atoms with Gasteiger partial charge < -0.3 is 9.47 Å². The Labute approximate surface area is 121 Å². The number of ether oxygens (including phenoxy) is 2. The molecule has 0 aliphatic carbocycles. The lowest BCUT2D eigenvalue weighted by Crippen LogP contribution is -2.34. The van der Waals surface area contributed by atoms with Crippen LogP contribution in [0.25, 0.3) is 0 Å². The summed E-state index contributed by atoms with van der Waals surface area (Å²) in [7, 11) is 0. The lowest BCUT2D eigenvalue weighted by atomic mass is 10.2. The van der Waals surface area contributed by atoms with Gasteiger partial charge in [-0.1, -0.05) is 0 Å². The molecule has 104 valence electrons. The molecule has 0 unspecified atom stereocenters. The maximum Gasteiger partial charge on any atom is 0.436 e. The fourth-order valence-corrected chi connectivity index (χ4v) is 1.20. The van der Waals surface area contributed by atoms with Gasteiger partial charge in [0.15, 0.2) is 3.84 Å². The molecule has 0 aromatic rings. The van der Waals surface area contributed by atoms with Crippen LogP contribution in [0.15, 0.2) is 4.99 Å². The minimum Gasteiger partial charge on any atom is -0.444 e. The molecule has 0 rings (SSSR count). The van der Waals surface area contributed by atoms with E-state index in [0.29, 0.717) is 0 Å². The van der Waals surface area contributed by atoms with E-state index in [4.69, 9.17) is 9.47 Å². The highest BCUT2D eigenvalue weighted by molar-refractivity contribution is 14.1. The molecule has 0 aliphatic rings. The van der Waals surface area contributed by atoms with Gasteiger partial charge in [-0.05, 0) is 41.5 Å². The summed E-state index contributed by atoms with van der Waals surface area (Å²) >= 11 is 1.71. The molecule has 18 heavy (non-hydrogen) atoms. The van der Waals surface area contributed by atoms with Gasteiger partial charge in [0.2, 0.25) is 0 Å². The number of carbonyl (C=O) groups is 2. The van der Waals surface area contributed by atoms with Crippen molar-refractivity contribution in [1.29, 1.82) is 0 Å². The average molecular weight is 370 g/mol. The number of alkyl carbamates (subject to hydrolysis) is 1. The quantitative estimate of drug-likeness (QED) is 0.307. The van der Waals surface area contributed by atoms with Crippen molar-refractivity contribution in [2.24, 2.45) is 4.99 Å². The summed E-state index contributed by atoms with van der Waals surface area (Å²) in [5.74, 6) is 0. The Morgan fingerprint density at radius 2 is 1.44 bits per heavy atom. The van der Waals surface area contributed by atoms with Crippen molar-refractivity contribution in [3.05, 3.63) is 0 Å². The predicted octanol–water partition coefficient (Wildman–Crippen LogP) is 3.24. The van der Waals surface area contributed by atoms with Gasteiger partial charge in [0.05, 0.1) is 0 Å². The van der Waals surface area contributed by atoms with E-state index >= 15 is 0 Å². The number of hydrogen-bond donors (Lipinski definition) is 1. The van der Waals surface area contributed by atoms with Crippen LogP contribution in [-0.2, 0) is 9.47 Å². The standard InChI is InChI=1S/C11H19IN2O4/c1-10(2,3)17-8(15)13-7(12)14-9(16)18-11(4,5)6/h1-6H3,(H,13,14,15,16). The summed E-state index contributed by atoms with van der Waals surface area (Å²) in [6.45, 7) is 10.4. The first-order valence-electron chi connectivity index (χ1n) is 5.36. The first-order chi connectivity index (χ1) is 7.89. The fraction of sp³-hybridized carbons (Fsp3) is 0.727. The van der Waals surface area contributed by atoms with E-state index in [2.05, 4.69) is 10.3 Å². The van der Waals surface area contributed by atoms with E-state index < -0.39 is 23.4 Å². The zero-order chi connectivity index (χ0) is 14.6. The maximum absolute atomic E-state index is 11.4. The summed E-state index contributed by atoms with van der Waals surface area (Å²) in [5.41, 5.74) is -1.23. The van der Waals surface area contributed by atoms with Gasteiger partial charge in [0.25, 0.3) is 0 Å². The van der Waals surface area contributed by atoms with Crippen LogP contribution in [0.5, 0.6) is 0 Å². The Morgan fingerprint density at radius 1 is 1.00 bits per heavy atom. The van der Waals surface area contributed by atoms with Crippen molar-refractivity contribution in [2.75, 3.05) is 0 Å². The maximum atomic E-state index is 11.4. The SMILES string of the molecule is CC(C)(C)OC(=O)/N=C(\I)NC(=O)OC(C)(C)C. The molecule has 0 aromatic heterocycles. The predicted molar refractivity (Wildman–Crippen MR) is 77.1 cm³/mol. The highest BCUT2D eigenvalue weighted by Crippen LogP contribution is 2.09. The molecule has 0 fully saturated rings. The van der Waals surface area contributed by atoms with Crippen LogP contribution in [0.1, 0.15) is 41.5 Å². The minimum atomic E-state index is -0.761. The Kier molecular flexibility index (Phi) is 6.05. The fourth-order valence-electron chi connectivity index (χ4n) is 0.781. The van der Waals surface area contributed by atoms with Crippen molar-refractivity contribution in [1.82, 2.24) is 5.32 Å². The van der Waals surface area contributed by atoms with Crippen molar-refractivity contribution < 1.29 is 19.1 Å². The van der Waals surface area contributed by atoms with Gasteiger partial charge in [-0.15, -0.1) is 0 Å². The molecule has 0 saturated carbocycles. The number of nitrogens with one attached hydrogen (secondary N) is 1. The molecule has 0 bridgehead atoms. The van der Waals surface area contributed by atoms with Gasteiger partial charge in [-0.3, -0.25) is 5.32 Å². The van der Waals surface area contributed by atoms with Gasteiger partial charge in [0.1, 0.15) is 11.2 Å². The van der Waals surface area contributed by atoms with Gasteiger partial charge in [0, 0.05) is 22.6 Å². The first-order valence-corrected chi connectivity index (χ1v) is 6.44. The van der Waals surface area contributed by atoms with E-state index in [9.17, 15) is 9.59 Å². The second-order valence-electron chi connectivity index (χ2n) is 5.51. The summed E-state index contributed by atoms with van der Waals surface area (Å²) in [6.07, 6.45) is -1.43. The molecule has 6 nitrogen and oxygen atoms in total. The molecule has 0 heterocycles. The number of rotatable bonds is 0. The summed E-state index contributed by atoms with van der Waals surface area (Å²) in [5, 5.41) is 2.33. The van der Waals surface area contributed by atoms with E-state index in [-0.39, 0.29) is 3.84 Å². The van der Waals surface area contributed by atoms with Crippen LogP contribution >= 0.6 is 22.6 Å². The smallest absolute Gasteiger partial charge is 0.436 e. The largest absolute Gasteiger partial charge is 0.444 e. The summed E-state index contributed by atoms with van der Waals surface area (Å²) in [4.78, 5) is 26.3. The Bertz CT molecular complexity index is 353. The second-order valence-corrected chi connectivity index (χ2v) is 6.53. The van der Waals surface area contributed by atoms with Gasteiger partial charge in [-0.2, -0.15) is 4.99 Å². The third-order valence-corrected chi connectivity index (χ3v) is 1.70. The lowest BCUT2D eigenvalue weighted by molar-refractivity contribution is 0.0564. The molecule has 0 atom stereocenters. The van der Waals surface area contributed by atoms with Crippen LogP contribution in [0.3, 0.4) is 0 Å². The van der Waals surface area contributed by atoms with Crippen LogP contribution in [0.4, 0.5) is 9.59 Å². The zero-order valence-electron chi connectivity index (χ0n) is 11.5. The first kappa shape index (κ1) is 17.1. The van der Waals surface area contributed by atoms with Crippen LogP contribution in [0.2, 0.25) is 0 Å². The molecule has 7 heteroatoms. The van der Waals surface area contributed by atoms with Crippen molar-refractivity contribution in [2.45, 2.75) is 52.7 Å². The van der Waals surface area contributed by atoms with Crippen molar-refractivity contribution >= 4 is 38.6 Å². The Hall–Kier alpha value is -0.860. The monoisotopic (exact) mass is 370 g/mol. The van der Waals surface area contributed by atoms with Crippen molar-refractivity contribution in [3.8, 4) is 0 Å². The number of nitrogens with zero attached hydrogens (tertiary/aromatic N) is 1. The molecule has 1 N–H and O–H groups in total. The van der Waals surface area contributed by atoms with E-state index in [1.54, 1.807) is 64.1 Å². The second kappa shape index (κ2) is 6.35. The van der Waals surface area contributed by atoms with Crippen molar-refractivity contribution in [3.63, 3.8) is 0 Å². The molecular weight excluding hydrogens is 351 g/mol. The zero-order valence-corrected chi connectivity index (χ0v) is 13.6. The molecule has 0 spiro atoms. The lowest BCUT2D eigenvalue weighted by Gasteiger charge is -2.19. The summed E-state index contributed by atoms with van der Waals surface area (Å²) < 4.78 is 10.1. The third-order valence-electron chi connectivity index (χ3n) is 1.19. The summed E-state index contributed by atoms with van der Waals surface area (Å²) in [6, 6.07) is 0. The van der Waals surface area contributed by atoms with E-state index in [0.717, 1.165) is 0 Å². The minimum absolute atomic E-state index is 0.0936.